The molecule has 5 fully saturated rings. The fourth-order valence-corrected chi connectivity index (χ4v) is 8.21. The SMILES string of the molecule is CC(=O)c1cccnc1N1CCC2CC(NC(=O)C3CC4(C3)CC3(CCC3)C4)CCC2C1. The second kappa shape index (κ2) is 7.56. The van der Waals surface area contributed by atoms with Gasteiger partial charge in [0.25, 0.3) is 0 Å². The molecule has 1 aromatic rings. The Kier molecular flexibility index (Phi) is 4.89. The van der Waals surface area contributed by atoms with Crippen molar-refractivity contribution in [2.75, 3.05) is 18.0 Å². The van der Waals surface area contributed by atoms with Crippen LogP contribution < -0.4 is 10.2 Å². The van der Waals surface area contributed by atoms with E-state index < -0.39 is 0 Å². The van der Waals surface area contributed by atoms with Crippen LogP contribution in [0.4, 0.5) is 5.82 Å². The Balaban J connectivity index is 0.996. The summed E-state index contributed by atoms with van der Waals surface area (Å²) < 4.78 is 0. The second-order valence-electron chi connectivity index (χ2n) is 12.0. The van der Waals surface area contributed by atoms with Crippen molar-refractivity contribution in [2.24, 2.45) is 28.6 Å². The number of nitrogens with zero attached hydrogens (tertiary/aromatic N) is 2. The highest BCUT2D eigenvalue weighted by molar-refractivity contribution is 5.98. The number of fused-ring (bicyclic) bond motifs is 1. The predicted octanol–water partition coefficient (Wildman–Crippen LogP) is 4.76. The monoisotopic (exact) mass is 435 g/mol. The van der Waals surface area contributed by atoms with E-state index in [1.807, 2.05) is 12.1 Å². The molecule has 1 saturated heterocycles. The molecule has 3 atom stereocenters. The first-order valence-electron chi connectivity index (χ1n) is 13.0. The maximum absolute atomic E-state index is 12.9. The van der Waals surface area contributed by atoms with Crippen LogP contribution in [0.2, 0.25) is 0 Å². The van der Waals surface area contributed by atoms with Gasteiger partial charge in [0.05, 0.1) is 5.56 Å². The summed E-state index contributed by atoms with van der Waals surface area (Å²) >= 11 is 0. The first-order valence-corrected chi connectivity index (χ1v) is 13.0. The Morgan fingerprint density at radius 3 is 2.62 bits per heavy atom. The number of pyridine rings is 1. The van der Waals surface area contributed by atoms with E-state index in [9.17, 15) is 9.59 Å². The Morgan fingerprint density at radius 1 is 1.09 bits per heavy atom. The van der Waals surface area contributed by atoms with E-state index >= 15 is 0 Å². The number of ketones is 1. The Morgan fingerprint density at radius 2 is 1.91 bits per heavy atom. The van der Waals surface area contributed by atoms with Crippen molar-refractivity contribution in [2.45, 2.75) is 83.6 Å². The molecule has 4 aliphatic carbocycles. The van der Waals surface area contributed by atoms with Crippen molar-refractivity contribution in [3.63, 3.8) is 0 Å². The van der Waals surface area contributed by atoms with E-state index in [0.717, 1.165) is 68.4 Å². The third-order valence-corrected chi connectivity index (χ3v) is 9.82. The molecule has 1 N–H and O–H groups in total. The third kappa shape index (κ3) is 3.47. The average Bonchev–Trinajstić information content (AvgIpc) is 2.70. The lowest BCUT2D eigenvalue weighted by Crippen LogP contribution is -2.59. The molecule has 3 unspecified atom stereocenters. The number of carbonyl (C=O) groups excluding carboxylic acids is 2. The summed E-state index contributed by atoms with van der Waals surface area (Å²) in [6.45, 7) is 3.56. The van der Waals surface area contributed by atoms with Gasteiger partial charge in [-0.3, -0.25) is 9.59 Å². The topological polar surface area (TPSA) is 62.3 Å². The van der Waals surface area contributed by atoms with Gasteiger partial charge in [0.2, 0.25) is 5.91 Å². The molecule has 5 aliphatic rings. The second-order valence-corrected chi connectivity index (χ2v) is 12.0. The van der Waals surface area contributed by atoms with Crippen LogP contribution in [0, 0.1) is 28.6 Å². The number of Topliss-reactive ketones (excluding diaryl/α,β-unsaturated/α-hetero) is 1. The summed E-state index contributed by atoms with van der Waals surface area (Å²) in [5.74, 6) is 2.87. The number of anilines is 1. The average molecular weight is 436 g/mol. The molecule has 0 bridgehead atoms. The maximum Gasteiger partial charge on any atom is 0.223 e. The highest BCUT2D eigenvalue weighted by Crippen LogP contribution is 2.72. The molecule has 2 spiro atoms. The van der Waals surface area contributed by atoms with Gasteiger partial charge in [0.1, 0.15) is 5.82 Å². The molecule has 6 rings (SSSR count). The number of aromatic nitrogens is 1. The maximum atomic E-state index is 12.9. The van der Waals surface area contributed by atoms with Gasteiger partial charge >= 0.3 is 0 Å². The lowest BCUT2D eigenvalue weighted by molar-refractivity contribution is -0.173. The molecule has 2 heterocycles. The Bertz CT molecular complexity index is 907. The van der Waals surface area contributed by atoms with Crippen LogP contribution in [0.5, 0.6) is 0 Å². The molecular weight excluding hydrogens is 398 g/mol. The minimum absolute atomic E-state index is 0.0872. The van der Waals surface area contributed by atoms with Gasteiger partial charge in [-0.25, -0.2) is 4.98 Å². The smallest absolute Gasteiger partial charge is 0.223 e. The molecule has 1 aliphatic heterocycles. The molecule has 1 aromatic heterocycles. The van der Waals surface area contributed by atoms with Crippen LogP contribution in [0.1, 0.15) is 87.9 Å². The van der Waals surface area contributed by atoms with Gasteiger partial charge in [-0.05, 0) is 106 Å². The quantitative estimate of drug-likeness (QED) is 0.693. The Labute approximate surface area is 191 Å². The summed E-state index contributed by atoms with van der Waals surface area (Å²) in [6.07, 6.45) is 15.7. The molecule has 5 heteroatoms. The van der Waals surface area contributed by atoms with Crippen molar-refractivity contribution in [3.05, 3.63) is 23.9 Å². The van der Waals surface area contributed by atoms with Crippen molar-refractivity contribution < 1.29 is 9.59 Å². The van der Waals surface area contributed by atoms with Crippen molar-refractivity contribution in [3.8, 4) is 0 Å². The van der Waals surface area contributed by atoms with Crippen molar-refractivity contribution >= 4 is 17.5 Å². The van der Waals surface area contributed by atoms with Gasteiger partial charge in [0.15, 0.2) is 5.78 Å². The number of amides is 1. The zero-order valence-electron chi connectivity index (χ0n) is 19.4. The van der Waals surface area contributed by atoms with Crippen LogP contribution >= 0.6 is 0 Å². The number of piperidine rings is 1. The molecular formula is C27H37N3O2. The minimum atomic E-state index is 0.0872. The van der Waals surface area contributed by atoms with Crippen LogP contribution in [0.25, 0.3) is 0 Å². The summed E-state index contributed by atoms with van der Waals surface area (Å²) in [7, 11) is 0. The summed E-state index contributed by atoms with van der Waals surface area (Å²) in [6, 6.07) is 4.10. The van der Waals surface area contributed by atoms with E-state index in [1.54, 1.807) is 13.1 Å². The fraction of sp³-hybridized carbons (Fsp3) is 0.741. The number of nitrogens with one attached hydrogen (secondary N) is 1. The highest BCUT2D eigenvalue weighted by atomic mass is 16.2. The number of rotatable bonds is 4. The van der Waals surface area contributed by atoms with Crippen LogP contribution in [-0.2, 0) is 4.79 Å². The first kappa shape index (κ1) is 20.7. The highest BCUT2D eigenvalue weighted by Gasteiger charge is 2.62. The molecule has 172 valence electrons. The van der Waals surface area contributed by atoms with Gasteiger partial charge in [-0.2, -0.15) is 0 Å². The standard InChI is InChI=1S/C27H37N3O2/c1-18(31)23-4-2-10-28-24(23)30-11-7-19-12-22(6-5-20(19)15-30)29-25(32)21-13-27(14-21)16-26(17-27)8-3-9-26/h2,4,10,19-22H,3,5-9,11-17H2,1H3,(H,29,32). The molecule has 5 nitrogen and oxygen atoms in total. The van der Waals surface area contributed by atoms with Crippen LogP contribution in [-0.4, -0.2) is 35.8 Å². The lowest BCUT2D eigenvalue weighted by Gasteiger charge is -2.67. The van der Waals surface area contributed by atoms with Gasteiger partial charge in [-0.1, -0.05) is 6.42 Å². The van der Waals surface area contributed by atoms with Gasteiger partial charge < -0.3 is 10.2 Å². The Hall–Kier alpha value is -1.91. The van der Waals surface area contributed by atoms with E-state index in [0.29, 0.717) is 29.2 Å². The van der Waals surface area contributed by atoms with Gasteiger partial charge in [-0.15, -0.1) is 0 Å². The lowest BCUT2D eigenvalue weighted by atomic mass is 9.38. The molecule has 32 heavy (non-hydrogen) atoms. The van der Waals surface area contributed by atoms with E-state index in [4.69, 9.17) is 0 Å². The van der Waals surface area contributed by atoms with Crippen molar-refractivity contribution in [1.29, 1.82) is 0 Å². The van der Waals surface area contributed by atoms with Crippen LogP contribution in [0.15, 0.2) is 18.3 Å². The minimum Gasteiger partial charge on any atom is -0.356 e. The molecule has 4 saturated carbocycles. The van der Waals surface area contributed by atoms with E-state index in [1.165, 1.54) is 32.1 Å². The molecule has 0 radical (unpaired) electrons. The number of hydrogen-bond donors (Lipinski definition) is 1. The van der Waals surface area contributed by atoms with Crippen LogP contribution in [0.3, 0.4) is 0 Å². The summed E-state index contributed by atoms with van der Waals surface area (Å²) in [4.78, 5) is 31.8. The largest absolute Gasteiger partial charge is 0.356 e. The third-order valence-electron chi connectivity index (χ3n) is 9.82. The normalized spacial score (nSPS) is 32.4. The van der Waals surface area contributed by atoms with E-state index in [2.05, 4.69) is 15.2 Å². The van der Waals surface area contributed by atoms with E-state index in [-0.39, 0.29) is 11.7 Å². The first-order chi connectivity index (χ1) is 15.4. The number of hydrogen-bond acceptors (Lipinski definition) is 4. The fourth-order valence-electron chi connectivity index (χ4n) is 8.21. The summed E-state index contributed by atoms with van der Waals surface area (Å²) in [5, 5.41) is 3.45. The zero-order valence-corrected chi connectivity index (χ0v) is 19.4. The molecule has 1 amide bonds. The number of carbonyl (C=O) groups is 2. The summed E-state index contributed by atoms with van der Waals surface area (Å²) in [5.41, 5.74) is 2.01. The predicted molar refractivity (Wildman–Crippen MR) is 125 cm³/mol. The molecule has 0 aromatic carbocycles. The van der Waals surface area contributed by atoms with Gasteiger partial charge in [0, 0.05) is 31.2 Å². The zero-order chi connectivity index (χ0) is 21.9. The van der Waals surface area contributed by atoms with Crippen molar-refractivity contribution in [1.82, 2.24) is 10.3 Å².